The average Bonchev–Trinajstić information content (AvgIpc) is 2.85. The van der Waals surface area contributed by atoms with E-state index in [1.807, 2.05) is 13.8 Å². The Bertz CT molecular complexity index is 1500. The summed E-state index contributed by atoms with van der Waals surface area (Å²) >= 11 is 9.86. The largest absolute Gasteiger partial charge is 0.488 e. The van der Waals surface area contributed by atoms with Gasteiger partial charge in [0.05, 0.1) is 38.3 Å². The summed E-state index contributed by atoms with van der Waals surface area (Å²) in [5, 5.41) is 4.92. The summed E-state index contributed by atoms with van der Waals surface area (Å²) in [5.41, 5.74) is -0.393. The lowest BCUT2D eigenvalue weighted by molar-refractivity contribution is -0.137. The lowest BCUT2D eigenvalue weighted by Gasteiger charge is -2.16. The Morgan fingerprint density at radius 2 is 1.92 bits per heavy atom. The number of benzene rings is 3. The topological polar surface area (TPSA) is 56.5 Å². The molecule has 1 atom stereocenters. The number of nitrogens with zero attached hydrogens (tertiary/aromatic N) is 3. The van der Waals surface area contributed by atoms with Gasteiger partial charge in [-0.05, 0) is 71.2 Å². The molecule has 0 amide bonds. The molecule has 0 saturated carbocycles. The van der Waals surface area contributed by atoms with Crippen LogP contribution in [-0.2, 0) is 6.18 Å². The zero-order chi connectivity index (χ0) is 26.0. The Kier molecular flexibility index (Phi) is 7.51. The number of fused-ring (bicyclic) bond motifs is 1. The van der Waals surface area contributed by atoms with E-state index in [2.05, 4.69) is 26.0 Å². The van der Waals surface area contributed by atoms with E-state index in [9.17, 15) is 18.0 Å². The van der Waals surface area contributed by atoms with Crippen molar-refractivity contribution in [1.29, 1.82) is 0 Å². The minimum atomic E-state index is -4.55. The number of halogens is 5. The van der Waals surface area contributed by atoms with Crippen molar-refractivity contribution in [2.75, 3.05) is 0 Å². The summed E-state index contributed by atoms with van der Waals surface area (Å²) in [7, 11) is 0. The number of hydrogen-bond donors (Lipinski definition) is 0. The van der Waals surface area contributed by atoms with E-state index in [4.69, 9.17) is 16.3 Å². The van der Waals surface area contributed by atoms with Crippen LogP contribution in [0.2, 0.25) is 5.02 Å². The van der Waals surface area contributed by atoms with Crippen LogP contribution in [0.5, 0.6) is 5.75 Å². The summed E-state index contributed by atoms with van der Waals surface area (Å²) in [6, 6.07) is 14.5. The van der Waals surface area contributed by atoms with Gasteiger partial charge in [-0.25, -0.2) is 4.98 Å². The van der Waals surface area contributed by atoms with Gasteiger partial charge in [-0.15, -0.1) is 0 Å². The van der Waals surface area contributed by atoms with E-state index in [0.29, 0.717) is 26.3 Å². The highest BCUT2D eigenvalue weighted by atomic mass is 79.9. The molecule has 1 heterocycles. The molecule has 10 heteroatoms. The van der Waals surface area contributed by atoms with Crippen molar-refractivity contribution in [3.63, 3.8) is 0 Å². The van der Waals surface area contributed by atoms with Gasteiger partial charge in [0.2, 0.25) is 0 Å². The highest BCUT2D eigenvalue weighted by Crippen LogP contribution is 2.35. The van der Waals surface area contributed by atoms with Crippen LogP contribution in [0.1, 0.15) is 31.4 Å². The molecule has 0 spiro atoms. The molecule has 36 heavy (non-hydrogen) atoms. The molecule has 0 unspecified atom stereocenters. The Morgan fingerprint density at radius 1 is 1.17 bits per heavy atom. The molecule has 0 aliphatic rings. The first-order valence-electron chi connectivity index (χ1n) is 11.0. The van der Waals surface area contributed by atoms with Gasteiger partial charge in [-0.2, -0.15) is 22.9 Å². The maximum absolute atomic E-state index is 13.4. The maximum Gasteiger partial charge on any atom is 0.416 e. The summed E-state index contributed by atoms with van der Waals surface area (Å²) in [6.07, 6.45) is -2.42. The second kappa shape index (κ2) is 10.4. The van der Waals surface area contributed by atoms with Crippen LogP contribution in [-0.4, -0.2) is 22.0 Å². The Morgan fingerprint density at radius 3 is 2.61 bits per heavy atom. The fourth-order valence-electron chi connectivity index (χ4n) is 3.43. The summed E-state index contributed by atoms with van der Waals surface area (Å²) in [4.78, 5) is 17.8. The molecule has 0 aliphatic carbocycles. The number of para-hydroxylation sites is 1. The zero-order valence-corrected chi connectivity index (χ0v) is 21.5. The van der Waals surface area contributed by atoms with Gasteiger partial charge in [-0.3, -0.25) is 4.79 Å². The van der Waals surface area contributed by atoms with Crippen molar-refractivity contribution in [3.8, 4) is 17.1 Å². The molecule has 5 nitrogen and oxygen atoms in total. The Hall–Kier alpha value is -3.17. The molecule has 0 saturated heterocycles. The third-order valence-electron chi connectivity index (χ3n) is 5.44. The van der Waals surface area contributed by atoms with Crippen LogP contribution >= 0.6 is 27.5 Å². The maximum atomic E-state index is 13.4. The van der Waals surface area contributed by atoms with Crippen molar-refractivity contribution in [1.82, 2.24) is 9.66 Å². The number of alkyl halides is 3. The van der Waals surface area contributed by atoms with Crippen molar-refractivity contribution >= 4 is 44.6 Å². The van der Waals surface area contributed by atoms with Gasteiger partial charge in [-0.1, -0.05) is 42.8 Å². The predicted molar refractivity (Wildman–Crippen MR) is 139 cm³/mol. The summed E-state index contributed by atoms with van der Waals surface area (Å²) < 4.78 is 47.5. The second-order valence-electron chi connectivity index (χ2n) is 8.04. The van der Waals surface area contributed by atoms with E-state index in [1.165, 1.54) is 18.3 Å². The van der Waals surface area contributed by atoms with Crippen molar-refractivity contribution < 1.29 is 17.9 Å². The molecular weight excluding hydrogens is 559 g/mol. The minimum absolute atomic E-state index is 0.0251. The van der Waals surface area contributed by atoms with Crippen LogP contribution in [0.4, 0.5) is 13.2 Å². The number of rotatable bonds is 6. The number of aromatic nitrogens is 2. The molecule has 0 N–H and O–H groups in total. The average molecular weight is 579 g/mol. The van der Waals surface area contributed by atoms with Crippen molar-refractivity contribution in [2.45, 2.75) is 32.5 Å². The van der Waals surface area contributed by atoms with Crippen LogP contribution in [0.25, 0.3) is 22.3 Å². The van der Waals surface area contributed by atoms with Gasteiger partial charge in [0.1, 0.15) is 0 Å². The highest BCUT2D eigenvalue weighted by Gasteiger charge is 2.31. The molecule has 1 aromatic heterocycles. The fraction of sp³-hybridized carbons (Fsp3) is 0.192. The monoisotopic (exact) mass is 577 g/mol. The second-order valence-corrected chi connectivity index (χ2v) is 9.30. The van der Waals surface area contributed by atoms with Gasteiger partial charge < -0.3 is 4.74 Å². The first-order chi connectivity index (χ1) is 17.1. The molecule has 0 fully saturated rings. The van der Waals surface area contributed by atoms with Crippen LogP contribution < -0.4 is 10.3 Å². The first kappa shape index (κ1) is 25.9. The lowest BCUT2D eigenvalue weighted by Crippen LogP contribution is -2.20. The SMILES string of the molecule is CC[C@@H](C)Oc1c(Cl)cc(C=Nn2c(-c3cccc(C(F)(F)F)c3)nc3ccccc3c2=O)cc1Br. The third-order valence-corrected chi connectivity index (χ3v) is 6.31. The Labute approximate surface area is 218 Å². The molecular formula is C26H20BrClF3N3O2. The predicted octanol–water partition coefficient (Wildman–Crippen LogP) is 7.56. The van der Waals surface area contributed by atoms with E-state index >= 15 is 0 Å². The number of ether oxygens (including phenoxy) is 1. The van der Waals surface area contributed by atoms with Gasteiger partial charge in [0, 0.05) is 5.56 Å². The van der Waals surface area contributed by atoms with Gasteiger partial charge >= 0.3 is 6.18 Å². The molecule has 0 aliphatic heterocycles. The minimum Gasteiger partial charge on any atom is -0.488 e. The van der Waals surface area contributed by atoms with E-state index in [0.717, 1.165) is 23.2 Å². The first-order valence-corrected chi connectivity index (χ1v) is 12.1. The molecule has 186 valence electrons. The van der Waals surface area contributed by atoms with Crippen LogP contribution in [0.3, 0.4) is 0 Å². The fourth-order valence-corrected chi connectivity index (χ4v) is 4.39. The summed E-state index contributed by atoms with van der Waals surface area (Å²) in [5.74, 6) is 0.459. The normalized spacial score (nSPS) is 12.9. The van der Waals surface area contributed by atoms with Gasteiger partial charge in [0.25, 0.3) is 5.56 Å². The molecule has 4 rings (SSSR count). The molecule has 0 radical (unpaired) electrons. The highest BCUT2D eigenvalue weighted by molar-refractivity contribution is 9.10. The standard InChI is InChI=1S/C26H20BrClF3N3O2/c1-3-15(2)36-23-20(27)11-16(12-21(23)28)14-32-34-24(17-7-6-8-18(13-17)26(29,30)31)33-22-10-5-4-9-19(22)25(34)35/h4-15H,3H2,1-2H3/t15-/m1/s1. The molecule has 4 aromatic rings. The zero-order valence-electron chi connectivity index (χ0n) is 19.2. The molecule has 3 aromatic carbocycles. The smallest absolute Gasteiger partial charge is 0.416 e. The molecule has 0 bridgehead atoms. The van der Waals surface area contributed by atoms with E-state index in [-0.39, 0.29) is 22.9 Å². The van der Waals surface area contributed by atoms with Crippen LogP contribution in [0, 0.1) is 0 Å². The Balaban J connectivity index is 1.85. The van der Waals surface area contributed by atoms with Crippen LogP contribution in [0.15, 0.2) is 75.0 Å². The lowest BCUT2D eigenvalue weighted by atomic mass is 10.1. The van der Waals surface area contributed by atoms with Crippen molar-refractivity contribution in [2.24, 2.45) is 5.10 Å². The van der Waals surface area contributed by atoms with E-state index in [1.54, 1.807) is 36.4 Å². The third kappa shape index (κ3) is 5.47. The van der Waals surface area contributed by atoms with Gasteiger partial charge in [0.15, 0.2) is 11.6 Å². The summed E-state index contributed by atoms with van der Waals surface area (Å²) in [6.45, 7) is 3.91. The van der Waals surface area contributed by atoms with E-state index < -0.39 is 17.3 Å². The number of hydrogen-bond acceptors (Lipinski definition) is 4. The quantitative estimate of drug-likeness (QED) is 0.222. The van der Waals surface area contributed by atoms with Crippen molar-refractivity contribution in [3.05, 3.63) is 91.6 Å².